The van der Waals surface area contributed by atoms with E-state index in [-0.39, 0.29) is 6.61 Å². The summed E-state index contributed by atoms with van der Waals surface area (Å²) in [7, 11) is 1.33. The van der Waals surface area contributed by atoms with Crippen molar-refractivity contribution in [2.45, 2.75) is 25.6 Å². The van der Waals surface area contributed by atoms with Gasteiger partial charge in [-0.1, -0.05) is 74.0 Å². The average Bonchev–Trinajstić information content (AvgIpc) is 2.67. The Balaban J connectivity index is 2.37. The van der Waals surface area contributed by atoms with Crippen molar-refractivity contribution in [3.05, 3.63) is 71.8 Å². The molecule has 25 heavy (non-hydrogen) atoms. The van der Waals surface area contributed by atoms with Gasteiger partial charge in [0.15, 0.2) is 0 Å². The van der Waals surface area contributed by atoms with E-state index in [0.29, 0.717) is 17.5 Å². The molecule has 0 aliphatic rings. The van der Waals surface area contributed by atoms with Gasteiger partial charge in [0.25, 0.3) is 0 Å². The molecule has 1 atom stereocenters. The number of unbranched alkanes of at least 4 members (excludes halogenated alkanes) is 1. The van der Waals surface area contributed by atoms with E-state index in [1.807, 2.05) is 6.92 Å². The molecule has 0 spiro atoms. The molecule has 0 aliphatic carbocycles. The van der Waals surface area contributed by atoms with Crippen LogP contribution in [-0.2, 0) is 20.0 Å². The second-order valence-electron chi connectivity index (χ2n) is 5.44. The van der Waals surface area contributed by atoms with Gasteiger partial charge in [-0.05, 0) is 6.42 Å². The number of methoxy groups -OCH3 is 1. The highest BCUT2D eigenvalue weighted by molar-refractivity contribution is 6.02. The van der Waals surface area contributed by atoms with Crippen molar-refractivity contribution in [3.8, 4) is 0 Å². The third-order valence-electron chi connectivity index (χ3n) is 3.72. The van der Waals surface area contributed by atoms with Crippen molar-refractivity contribution in [1.29, 1.82) is 0 Å². The number of benzene rings is 2. The van der Waals surface area contributed by atoms with Gasteiger partial charge in [0.2, 0.25) is 5.78 Å². The molecule has 2 aromatic carbocycles. The number of ketones is 1. The van der Waals surface area contributed by atoms with Crippen molar-refractivity contribution in [1.82, 2.24) is 0 Å². The third kappa shape index (κ3) is 4.45. The summed E-state index contributed by atoms with van der Waals surface area (Å²) in [6.07, 6.45) is 0.653. The fourth-order valence-corrected chi connectivity index (χ4v) is 2.37. The molecular formula is C20H22O5. The molecule has 0 aromatic heterocycles. The summed E-state index contributed by atoms with van der Waals surface area (Å²) in [4.78, 5) is 25.2. The van der Waals surface area contributed by atoms with Crippen molar-refractivity contribution in [2.75, 3.05) is 13.7 Å². The summed E-state index contributed by atoms with van der Waals surface area (Å²) in [6, 6.07) is 17.2. The highest BCUT2D eigenvalue weighted by Gasteiger charge is 2.46. The fraction of sp³-hybridized carbons (Fsp3) is 0.300. The van der Waals surface area contributed by atoms with Crippen LogP contribution in [0.5, 0.6) is 0 Å². The Hall–Kier alpha value is -2.66. The van der Waals surface area contributed by atoms with Crippen LogP contribution in [0.1, 0.15) is 35.7 Å². The lowest BCUT2D eigenvalue weighted by Crippen LogP contribution is -2.42. The molecule has 5 nitrogen and oxygen atoms in total. The molecular weight excluding hydrogens is 320 g/mol. The van der Waals surface area contributed by atoms with Crippen molar-refractivity contribution < 1.29 is 23.8 Å². The van der Waals surface area contributed by atoms with Crippen LogP contribution >= 0.6 is 0 Å². The summed E-state index contributed by atoms with van der Waals surface area (Å²) in [5.74, 6) is -2.37. The largest absolute Gasteiger partial charge is 0.511 e. The lowest BCUT2D eigenvalue weighted by Gasteiger charge is -2.30. The van der Waals surface area contributed by atoms with Crippen molar-refractivity contribution in [2.24, 2.45) is 0 Å². The molecule has 2 aromatic rings. The zero-order valence-corrected chi connectivity index (χ0v) is 14.4. The summed E-state index contributed by atoms with van der Waals surface area (Å²) in [6.45, 7) is 2.21. The Morgan fingerprint density at radius 1 is 0.960 bits per heavy atom. The monoisotopic (exact) mass is 342 g/mol. The standard InChI is InChI=1S/C20H22O5/c1-3-4-15-24-19(22)25-20(23-2,17-13-9-6-10-14-17)18(21)16-11-7-5-8-12-16/h5-14H,3-4,15H2,1-2H3. The van der Waals surface area contributed by atoms with E-state index < -0.39 is 17.7 Å². The minimum Gasteiger partial charge on any atom is -0.434 e. The molecule has 2 rings (SSSR count). The Morgan fingerprint density at radius 2 is 1.56 bits per heavy atom. The molecule has 0 amide bonds. The van der Waals surface area contributed by atoms with Crippen LogP contribution in [0.2, 0.25) is 0 Å². The van der Waals surface area contributed by atoms with Crippen LogP contribution in [0, 0.1) is 0 Å². The molecule has 1 unspecified atom stereocenters. The van der Waals surface area contributed by atoms with Gasteiger partial charge < -0.3 is 14.2 Å². The molecule has 0 saturated heterocycles. The SMILES string of the molecule is CCCCOC(=O)OC(OC)(C(=O)c1ccccc1)c1ccccc1. The number of carbonyl (C=O) groups is 2. The summed E-state index contributed by atoms with van der Waals surface area (Å²) in [5.41, 5.74) is 0.786. The first-order valence-corrected chi connectivity index (χ1v) is 8.20. The van der Waals surface area contributed by atoms with E-state index >= 15 is 0 Å². The minimum atomic E-state index is -1.90. The summed E-state index contributed by atoms with van der Waals surface area (Å²) < 4.78 is 15.9. The number of ether oxygens (including phenoxy) is 3. The maximum Gasteiger partial charge on any atom is 0.511 e. The smallest absolute Gasteiger partial charge is 0.434 e. The Bertz CT molecular complexity index is 684. The van der Waals surface area contributed by atoms with Gasteiger partial charge in [-0.25, -0.2) is 4.79 Å². The second kappa shape index (κ2) is 8.99. The number of hydrogen-bond donors (Lipinski definition) is 0. The molecule has 0 radical (unpaired) electrons. The Labute approximate surface area is 147 Å². The first-order valence-electron chi connectivity index (χ1n) is 8.20. The van der Waals surface area contributed by atoms with E-state index in [1.165, 1.54) is 7.11 Å². The van der Waals surface area contributed by atoms with E-state index in [1.54, 1.807) is 60.7 Å². The fourth-order valence-electron chi connectivity index (χ4n) is 2.37. The summed E-state index contributed by atoms with van der Waals surface area (Å²) >= 11 is 0. The zero-order valence-electron chi connectivity index (χ0n) is 14.4. The van der Waals surface area contributed by atoms with Crippen LogP contribution in [0.25, 0.3) is 0 Å². The van der Waals surface area contributed by atoms with Gasteiger partial charge in [0, 0.05) is 18.2 Å². The first-order chi connectivity index (χ1) is 12.1. The lowest BCUT2D eigenvalue weighted by atomic mass is 9.96. The van der Waals surface area contributed by atoms with Crippen LogP contribution in [0.15, 0.2) is 60.7 Å². The first kappa shape index (κ1) is 18.7. The highest BCUT2D eigenvalue weighted by atomic mass is 16.8. The number of rotatable bonds is 8. The third-order valence-corrected chi connectivity index (χ3v) is 3.72. The molecule has 0 heterocycles. The van der Waals surface area contributed by atoms with E-state index in [2.05, 4.69) is 0 Å². The Morgan fingerprint density at radius 3 is 2.12 bits per heavy atom. The highest BCUT2D eigenvalue weighted by Crippen LogP contribution is 2.31. The van der Waals surface area contributed by atoms with Crippen LogP contribution < -0.4 is 0 Å². The quantitative estimate of drug-likeness (QED) is 0.309. The Kier molecular flexibility index (Phi) is 6.71. The molecule has 0 N–H and O–H groups in total. The van der Waals surface area contributed by atoms with E-state index in [4.69, 9.17) is 14.2 Å². The maximum atomic E-state index is 13.1. The number of Topliss-reactive ketones (excluding diaryl/α,β-unsaturated/α-hetero) is 1. The minimum absolute atomic E-state index is 0.226. The van der Waals surface area contributed by atoms with Gasteiger partial charge in [0.05, 0.1) is 6.61 Å². The normalized spacial score (nSPS) is 12.9. The average molecular weight is 342 g/mol. The van der Waals surface area contributed by atoms with E-state index in [0.717, 1.165) is 6.42 Å². The van der Waals surface area contributed by atoms with Crippen LogP contribution in [-0.4, -0.2) is 25.7 Å². The van der Waals surface area contributed by atoms with Gasteiger partial charge in [-0.2, -0.15) is 0 Å². The second-order valence-corrected chi connectivity index (χ2v) is 5.44. The lowest BCUT2D eigenvalue weighted by molar-refractivity contribution is -0.170. The molecule has 5 heteroatoms. The predicted molar refractivity (Wildman–Crippen MR) is 93.2 cm³/mol. The van der Waals surface area contributed by atoms with Gasteiger partial charge in [0.1, 0.15) is 0 Å². The molecule has 132 valence electrons. The number of carbonyl (C=O) groups excluding carboxylic acids is 2. The molecule has 0 saturated carbocycles. The molecule has 0 aliphatic heterocycles. The van der Waals surface area contributed by atoms with Crippen molar-refractivity contribution in [3.63, 3.8) is 0 Å². The van der Waals surface area contributed by atoms with Crippen LogP contribution in [0.3, 0.4) is 0 Å². The van der Waals surface area contributed by atoms with Gasteiger partial charge in [-0.15, -0.1) is 0 Å². The zero-order chi connectivity index (χ0) is 18.1. The van der Waals surface area contributed by atoms with Gasteiger partial charge in [-0.3, -0.25) is 4.79 Å². The maximum absolute atomic E-state index is 13.1. The predicted octanol–water partition coefficient (Wildman–Crippen LogP) is 4.32. The number of hydrogen-bond acceptors (Lipinski definition) is 5. The molecule has 0 bridgehead atoms. The van der Waals surface area contributed by atoms with E-state index in [9.17, 15) is 9.59 Å². The topological polar surface area (TPSA) is 61.8 Å². The van der Waals surface area contributed by atoms with Gasteiger partial charge >= 0.3 is 11.9 Å². The summed E-state index contributed by atoms with van der Waals surface area (Å²) in [5, 5.41) is 0. The van der Waals surface area contributed by atoms with Crippen molar-refractivity contribution >= 4 is 11.9 Å². The van der Waals surface area contributed by atoms with Crippen LogP contribution in [0.4, 0.5) is 4.79 Å². The molecule has 0 fully saturated rings.